The number of nitrogens with one attached hydrogen (secondary N) is 1. The van der Waals surface area contributed by atoms with E-state index in [1.54, 1.807) is 46.6 Å². The van der Waals surface area contributed by atoms with Crippen LogP contribution in [-0.2, 0) is 13.6 Å². The minimum atomic E-state index is -0.535. The Kier molecular flexibility index (Phi) is 3.98. The molecule has 0 saturated carbocycles. The van der Waals surface area contributed by atoms with Crippen LogP contribution in [0.1, 0.15) is 5.69 Å². The third kappa shape index (κ3) is 3.00. The van der Waals surface area contributed by atoms with Gasteiger partial charge in [0.25, 0.3) is 5.69 Å². The maximum atomic E-state index is 13.5. The van der Waals surface area contributed by atoms with Gasteiger partial charge < -0.3 is 5.32 Å². The summed E-state index contributed by atoms with van der Waals surface area (Å²) in [7, 11) is 1.76. The minimum Gasteiger partial charge on any atom is -0.374 e. The number of nitro groups is 1. The van der Waals surface area contributed by atoms with Gasteiger partial charge in [-0.1, -0.05) is 0 Å². The zero-order valence-electron chi connectivity index (χ0n) is 9.93. The summed E-state index contributed by atoms with van der Waals surface area (Å²) in [5, 5.41) is 17.8. The highest BCUT2D eigenvalue weighted by Crippen LogP contribution is 2.28. The highest BCUT2D eigenvalue weighted by atomic mass is 127. The van der Waals surface area contributed by atoms with Gasteiger partial charge in [-0.05, 0) is 28.7 Å². The van der Waals surface area contributed by atoms with Gasteiger partial charge in [-0.2, -0.15) is 5.10 Å². The molecule has 0 aliphatic heterocycles. The Morgan fingerprint density at radius 3 is 2.89 bits per heavy atom. The van der Waals surface area contributed by atoms with Crippen molar-refractivity contribution in [2.24, 2.45) is 7.05 Å². The van der Waals surface area contributed by atoms with Gasteiger partial charge >= 0.3 is 0 Å². The molecular formula is C11H10FIN4O2. The van der Waals surface area contributed by atoms with E-state index in [9.17, 15) is 14.5 Å². The Bertz CT molecular complexity index is 629. The van der Waals surface area contributed by atoms with E-state index in [1.807, 2.05) is 0 Å². The third-order valence-corrected chi connectivity index (χ3v) is 3.44. The van der Waals surface area contributed by atoms with Crippen molar-refractivity contribution in [3.8, 4) is 0 Å². The van der Waals surface area contributed by atoms with Crippen LogP contribution in [0.5, 0.6) is 0 Å². The zero-order valence-corrected chi connectivity index (χ0v) is 12.1. The number of hydrogen-bond acceptors (Lipinski definition) is 4. The van der Waals surface area contributed by atoms with E-state index in [2.05, 4.69) is 10.4 Å². The summed E-state index contributed by atoms with van der Waals surface area (Å²) in [4.78, 5) is 10.4. The summed E-state index contributed by atoms with van der Waals surface area (Å²) in [6.07, 6.45) is 1.62. The van der Waals surface area contributed by atoms with Crippen molar-refractivity contribution < 1.29 is 9.31 Å². The lowest BCUT2D eigenvalue weighted by Crippen LogP contribution is -2.07. The zero-order chi connectivity index (χ0) is 14.0. The topological polar surface area (TPSA) is 73.0 Å². The minimum absolute atomic E-state index is 0.145. The van der Waals surface area contributed by atoms with Crippen molar-refractivity contribution in [2.45, 2.75) is 6.54 Å². The number of aryl methyl sites for hydroxylation is 1. The van der Waals surface area contributed by atoms with E-state index in [0.717, 1.165) is 11.8 Å². The van der Waals surface area contributed by atoms with Crippen LogP contribution in [0.3, 0.4) is 0 Å². The number of hydrogen-bond donors (Lipinski definition) is 1. The largest absolute Gasteiger partial charge is 0.374 e. The van der Waals surface area contributed by atoms with Crippen LogP contribution in [0.25, 0.3) is 0 Å². The highest BCUT2D eigenvalue weighted by molar-refractivity contribution is 14.1. The summed E-state index contributed by atoms with van der Waals surface area (Å²) >= 11 is 1.72. The van der Waals surface area contributed by atoms with Crippen LogP contribution in [-0.4, -0.2) is 14.7 Å². The van der Waals surface area contributed by atoms with E-state index >= 15 is 0 Å². The molecule has 1 aromatic heterocycles. The Morgan fingerprint density at radius 1 is 1.58 bits per heavy atom. The van der Waals surface area contributed by atoms with Crippen LogP contribution < -0.4 is 5.32 Å². The van der Waals surface area contributed by atoms with Crippen molar-refractivity contribution in [1.82, 2.24) is 9.78 Å². The molecule has 1 N–H and O–H groups in total. The number of rotatable bonds is 4. The molecule has 6 nitrogen and oxygen atoms in total. The summed E-state index contributed by atoms with van der Waals surface area (Å²) < 4.78 is 15.3. The smallest absolute Gasteiger partial charge is 0.293 e. The summed E-state index contributed by atoms with van der Waals surface area (Å²) in [6, 6.07) is 4.12. The maximum absolute atomic E-state index is 13.5. The van der Waals surface area contributed by atoms with E-state index in [-0.39, 0.29) is 14.9 Å². The molecule has 0 amide bonds. The lowest BCUT2D eigenvalue weighted by atomic mass is 10.2. The molecule has 0 atom stereocenters. The molecule has 8 heteroatoms. The molecule has 0 bridgehead atoms. The number of aromatic nitrogens is 2. The summed E-state index contributed by atoms with van der Waals surface area (Å²) in [6.45, 7) is 0.331. The predicted molar refractivity (Wildman–Crippen MR) is 76.3 cm³/mol. The van der Waals surface area contributed by atoms with Crippen LogP contribution in [0, 0.1) is 19.5 Å². The molecule has 19 heavy (non-hydrogen) atoms. The molecule has 0 aliphatic rings. The first-order chi connectivity index (χ1) is 8.99. The molecule has 2 rings (SSSR count). The molecule has 0 radical (unpaired) electrons. The Morgan fingerprint density at radius 2 is 2.32 bits per heavy atom. The van der Waals surface area contributed by atoms with E-state index in [4.69, 9.17) is 0 Å². The maximum Gasteiger partial charge on any atom is 0.293 e. The molecular weight excluding hydrogens is 366 g/mol. The first-order valence-corrected chi connectivity index (χ1v) is 6.41. The third-order valence-electron chi connectivity index (χ3n) is 2.62. The Hall–Kier alpha value is -1.71. The molecule has 2 aromatic rings. The molecule has 100 valence electrons. The van der Waals surface area contributed by atoms with Crippen molar-refractivity contribution >= 4 is 34.0 Å². The quantitative estimate of drug-likeness (QED) is 0.506. The number of benzene rings is 1. The van der Waals surface area contributed by atoms with Gasteiger partial charge in [-0.3, -0.25) is 14.8 Å². The Labute approximate surface area is 121 Å². The number of nitro benzene ring substituents is 1. The molecule has 0 aliphatic carbocycles. The summed E-state index contributed by atoms with van der Waals surface area (Å²) in [5.74, 6) is -0.487. The van der Waals surface area contributed by atoms with E-state index in [0.29, 0.717) is 6.54 Å². The normalized spacial score (nSPS) is 10.5. The average molecular weight is 376 g/mol. The number of nitrogens with zero attached hydrogens (tertiary/aromatic N) is 3. The second-order valence-corrected chi connectivity index (χ2v) is 5.00. The van der Waals surface area contributed by atoms with Crippen LogP contribution >= 0.6 is 22.6 Å². The highest BCUT2D eigenvalue weighted by Gasteiger charge is 2.17. The Balaban J connectivity index is 2.26. The fourth-order valence-corrected chi connectivity index (χ4v) is 2.04. The second-order valence-electron chi connectivity index (χ2n) is 3.84. The van der Waals surface area contributed by atoms with Gasteiger partial charge in [0.2, 0.25) is 0 Å². The van der Waals surface area contributed by atoms with Gasteiger partial charge in [0.1, 0.15) is 11.5 Å². The molecule has 0 saturated heterocycles. The fraction of sp³-hybridized carbons (Fsp3) is 0.182. The van der Waals surface area contributed by atoms with Gasteiger partial charge in [0.15, 0.2) is 0 Å². The van der Waals surface area contributed by atoms with Crippen LogP contribution in [0.2, 0.25) is 0 Å². The molecule has 1 heterocycles. The molecule has 0 unspecified atom stereocenters. The second kappa shape index (κ2) is 5.51. The van der Waals surface area contributed by atoms with Crippen molar-refractivity contribution in [3.05, 3.63) is 49.6 Å². The first kappa shape index (κ1) is 13.7. The first-order valence-electron chi connectivity index (χ1n) is 5.33. The van der Waals surface area contributed by atoms with Crippen molar-refractivity contribution in [1.29, 1.82) is 0 Å². The lowest BCUT2D eigenvalue weighted by Gasteiger charge is -2.08. The van der Waals surface area contributed by atoms with Crippen LogP contribution in [0.15, 0.2) is 24.4 Å². The summed E-state index contributed by atoms with van der Waals surface area (Å²) in [5.41, 5.74) is 0.852. The van der Waals surface area contributed by atoms with Crippen molar-refractivity contribution in [2.75, 3.05) is 5.32 Å². The molecule has 0 spiro atoms. The number of anilines is 1. The molecule has 0 fully saturated rings. The number of halogens is 2. The van der Waals surface area contributed by atoms with Gasteiger partial charge in [0, 0.05) is 25.4 Å². The van der Waals surface area contributed by atoms with E-state index in [1.165, 1.54) is 6.07 Å². The SMILES string of the molecule is Cn1nccc1CNc1cc(F)c(I)cc1[N+](=O)[O-]. The molecule has 1 aromatic carbocycles. The fourth-order valence-electron chi connectivity index (χ4n) is 1.59. The lowest BCUT2D eigenvalue weighted by molar-refractivity contribution is -0.384. The van der Waals surface area contributed by atoms with Gasteiger partial charge in [-0.25, -0.2) is 4.39 Å². The van der Waals surface area contributed by atoms with Gasteiger partial charge in [0.05, 0.1) is 20.7 Å². The van der Waals surface area contributed by atoms with Gasteiger partial charge in [-0.15, -0.1) is 0 Å². The predicted octanol–water partition coefficient (Wildman–Crippen LogP) is 2.68. The van der Waals surface area contributed by atoms with Crippen molar-refractivity contribution in [3.63, 3.8) is 0 Å². The monoisotopic (exact) mass is 376 g/mol. The standard InChI is InChI=1S/C11H10FIN4O2/c1-16-7(2-3-15-16)6-14-10-4-8(12)9(13)5-11(10)17(18)19/h2-5,14H,6H2,1H3. The van der Waals surface area contributed by atoms with Crippen LogP contribution in [0.4, 0.5) is 15.8 Å². The van der Waals surface area contributed by atoms with E-state index < -0.39 is 10.7 Å². The average Bonchev–Trinajstić information content (AvgIpc) is 2.75.